The second kappa shape index (κ2) is 15.2. The molecule has 2 heterocycles. The highest BCUT2D eigenvalue weighted by Crippen LogP contribution is 2.42. The molecule has 2 amide bonds. The molecule has 244 valence electrons. The van der Waals surface area contributed by atoms with Crippen molar-refractivity contribution in [3.05, 3.63) is 94.8 Å². The molecule has 1 aliphatic heterocycles. The lowest BCUT2D eigenvalue weighted by Gasteiger charge is -2.30. The number of benzene rings is 3. The maximum atomic E-state index is 13.3. The number of ether oxygens (including phenoxy) is 1. The van der Waals surface area contributed by atoms with E-state index in [1.165, 1.54) is 6.07 Å². The van der Waals surface area contributed by atoms with Gasteiger partial charge in [0, 0.05) is 57.1 Å². The minimum absolute atomic E-state index is 0.0346. The molecule has 4 aromatic rings. The molecule has 3 aromatic carbocycles. The number of carboxylic acids is 2. The molecule has 13 heteroatoms. The summed E-state index contributed by atoms with van der Waals surface area (Å²) in [7, 11) is 0. The zero-order chi connectivity index (χ0) is 33.5. The normalized spacial score (nSPS) is 13.0. The number of rotatable bonds is 13. The van der Waals surface area contributed by atoms with Crippen LogP contribution in [0.15, 0.2) is 78.0 Å². The Kier molecular flexibility index (Phi) is 10.8. The maximum Gasteiger partial charge on any atom is 0.326 e. The second-order valence-corrected chi connectivity index (χ2v) is 12.5. The van der Waals surface area contributed by atoms with E-state index in [2.05, 4.69) is 10.4 Å². The summed E-state index contributed by atoms with van der Waals surface area (Å²) in [5, 5.41) is 25.6. The first-order chi connectivity index (χ1) is 22.6. The molecule has 0 unspecified atom stereocenters. The molecule has 11 nitrogen and oxygen atoms in total. The molecule has 0 saturated heterocycles. The molecule has 1 aromatic heterocycles. The smallest absolute Gasteiger partial charge is 0.326 e. The summed E-state index contributed by atoms with van der Waals surface area (Å²) < 4.78 is 7.60. The van der Waals surface area contributed by atoms with E-state index in [0.717, 1.165) is 44.3 Å². The van der Waals surface area contributed by atoms with Crippen molar-refractivity contribution in [2.75, 3.05) is 23.8 Å². The minimum Gasteiger partial charge on any atom is -0.493 e. The third-order valence-electron chi connectivity index (χ3n) is 7.62. The van der Waals surface area contributed by atoms with Crippen molar-refractivity contribution in [3.63, 3.8) is 0 Å². The quantitative estimate of drug-likeness (QED) is 0.156. The molecule has 0 radical (unpaired) electrons. The summed E-state index contributed by atoms with van der Waals surface area (Å²) in [6, 6.07) is 16.5. The summed E-state index contributed by atoms with van der Waals surface area (Å²) in [6.45, 7) is 3.25. The molecule has 0 fully saturated rings. The second-order valence-electron chi connectivity index (χ2n) is 11.0. The first-order valence-corrected chi connectivity index (χ1v) is 16.3. The van der Waals surface area contributed by atoms with Crippen molar-refractivity contribution >= 4 is 52.8 Å². The number of hydrogen-bond donors (Lipinski definition) is 3. The largest absolute Gasteiger partial charge is 0.493 e. The molecule has 1 atom stereocenters. The first kappa shape index (κ1) is 33.6. The van der Waals surface area contributed by atoms with Gasteiger partial charge in [0.15, 0.2) is 0 Å². The molecule has 3 N–H and O–H groups in total. The van der Waals surface area contributed by atoms with Crippen LogP contribution in [0.4, 0.5) is 5.69 Å². The Labute approximate surface area is 280 Å². The van der Waals surface area contributed by atoms with Crippen LogP contribution in [0.5, 0.6) is 5.75 Å². The molecule has 47 heavy (non-hydrogen) atoms. The highest BCUT2D eigenvalue weighted by molar-refractivity contribution is 7.99. The van der Waals surface area contributed by atoms with Crippen molar-refractivity contribution in [1.82, 2.24) is 15.1 Å². The summed E-state index contributed by atoms with van der Waals surface area (Å²) >= 11 is 7.88. The Hall–Kier alpha value is -4.81. The lowest BCUT2D eigenvalue weighted by Crippen LogP contribution is -2.42. The van der Waals surface area contributed by atoms with Crippen molar-refractivity contribution in [1.29, 1.82) is 0 Å². The number of aromatic nitrogens is 2. The van der Waals surface area contributed by atoms with Crippen molar-refractivity contribution in [2.24, 2.45) is 0 Å². The van der Waals surface area contributed by atoms with Crippen molar-refractivity contribution < 1.29 is 34.1 Å². The number of carbonyl (C=O) groups is 4. The number of aliphatic carboxylic acids is 2. The molecule has 0 bridgehead atoms. The van der Waals surface area contributed by atoms with E-state index in [0.29, 0.717) is 37.6 Å². The van der Waals surface area contributed by atoms with Gasteiger partial charge in [0.2, 0.25) is 5.91 Å². The SMILES string of the molecule is Cc1c(Cl)cccc1OCCCC(=O)N1CCSc2c(-c3cnn(Cc4cccc(C(=O)N[C@@H](CC(=O)O)C(=O)O)c4)c3)cccc21. The summed E-state index contributed by atoms with van der Waals surface area (Å²) in [6.07, 6.45) is 3.84. The van der Waals surface area contributed by atoms with E-state index in [9.17, 15) is 24.3 Å². The Morgan fingerprint density at radius 1 is 1.09 bits per heavy atom. The van der Waals surface area contributed by atoms with Gasteiger partial charge in [0.1, 0.15) is 11.8 Å². The number of nitrogens with one attached hydrogen (secondary N) is 1. The highest BCUT2D eigenvalue weighted by atomic mass is 35.5. The lowest BCUT2D eigenvalue weighted by atomic mass is 10.1. The third kappa shape index (κ3) is 8.32. The Balaban J connectivity index is 1.23. The van der Waals surface area contributed by atoms with Gasteiger partial charge < -0.3 is 25.2 Å². The van der Waals surface area contributed by atoms with Crippen molar-refractivity contribution in [2.45, 2.75) is 43.7 Å². The topological polar surface area (TPSA) is 151 Å². The fraction of sp³-hybridized carbons (Fsp3) is 0.265. The van der Waals surface area contributed by atoms with Gasteiger partial charge in [0.25, 0.3) is 5.91 Å². The number of fused-ring (bicyclic) bond motifs is 1. The predicted octanol–water partition coefficient (Wildman–Crippen LogP) is 5.52. The fourth-order valence-corrected chi connectivity index (χ4v) is 6.53. The molecular formula is C34H33ClN4O7S. The van der Waals surface area contributed by atoms with E-state index in [-0.39, 0.29) is 11.5 Å². The Bertz CT molecular complexity index is 1810. The number of thioether (sulfide) groups is 1. The number of amides is 2. The standard InChI is InChI=1S/C34H33ClN4O7S/c1-21-26(35)9-4-11-29(21)46-14-5-12-30(40)39-13-15-47-32-25(8-3-10-28(32)39)24-18-36-38(20-24)19-22-6-2-7-23(16-22)33(43)37-27(34(44)45)17-31(41)42/h2-4,6-11,16,18,20,27H,5,12-15,17,19H2,1H3,(H,37,43)(H,41,42)(H,44,45)/t27-/m0/s1. The van der Waals surface area contributed by atoms with Gasteiger partial charge in [-0.15, -0.1) is 11.8 Å². The van der Waals surface area contributed by atoms with E-state index < -0.39 is 30.3 Å². The van der Waals surface area contributed by atoms with Gasteiger partial charge in [0.05, 0.1) is 31.5 Å². The van der Waals surface area contributed by atoms with Crippen LogP contribution in [0, 0.1) is 6.92 Å². The number of carbonyl (C=O) groups excluding carboxylic acids is 2. The first-order valence-electron chi connectivity index (χ1n) is 14.9. The van der Waals surface area contributed by atoms with Crippen LogP contribution in [-0.4, -0.2) is 68.7 Å². The van der Waals surface area contributed by atoms with Crippen molar-refractivity contribution in [3.8, 4) is 16.9 Å². The highest BCUT2D eigenvalue weighted by Gasteiger charge is 2.26. The van der Waals surface area contributed by atoms with Gasteiger partial charge in [-0.3, -0.25) is 19.1 Å². The van der Waals surface area contributed by atoms with Gasteiger partial charge in [-0.1, -0.05) is 41.9 Å². The van der Waals surface area contributed by atoms with Crippen LogP contribution in [0.1, 0.15) is 40.7 Å². The minimum atomic E-state index is -1.55. The van der Waals surface area contributed by atoms with Crippen LogP contribution in [-0.2, 0) is 20.9 Å². The monoisotopic (exact) mass is 676 g/mol. The lowest BCUT2D eigenvalue weighted by molar-refractivity contribution is -0.145. The van der Waals surface area contributed by atoms with E-state index in [1.807, 2.05) is 60.5 Å². The van der Waals surface area contributed by atoms with Crippen LogP contribution in [0.2, 0.25) is 5.02 Å². The molecule has 1 aliphatic rings. The number of hydrogen-bond acceptors (Lipinski definition) is 7. The van der Waals surface area contributed by atoms with Gasteiger partial charge >= 0.3 is 11.9 Å². The maximum absolute atomic E-state index is 13.3. The third-order valence-corrected chi connectivity index (χ3v) is 9.13. The number of nitrogens with zero attached hydrogens (tertiary/aromatic N) is 3. The zero-order valence-corrected chi connectivity index (χ0v) is 27.1. The Morgan fingerprint density at radius 3 is 2.66 bits per heavy atom. The number of anilines is 1. The number of halogens is 1. The summed E-state index contributed by atoms with van der Waals surface area (Å²) in [5.74, 6) is -1.93. The van der Waals surface area contributed by atoms with E-state index in [4.69, 9.17) is 21.4 Å². The van der Waals surface area contributed by atoms with Crippen LogP contribution in [0.25, 0.3) is 11.1 Å². The Morgan fingerprint density at radius 2 is 1.87 bits per heavy atom. The van der Waals surface area contributed by atoms with Crippen LogP contribution < -0.4 is 15.0 Å². The van der Waals surface area contributed by atoms with Crippen LogP contribution >= 0.6 is 23.4 Å². The van der Waals surface area contributed by atoms with Gasteiger partial charge in [-0.05, 0) is 49.2 Å². The van der Waals surface area contributed by atoms with Gasteiger partial charge in [-0.25, -0.2) is 4.79 Å². The van der Waals surface area contributed by atoms with E-state index >= 15 is 0 Å². The summed E-state index contributed by atoms with van der Waals surface area (Å²) in [5.41, 5.74) is 4.52. The number of carboxylic acid groups (broad SMARTS) is 2. The zero-order valence-electron chi connectivity index (χ0n) is 25.5. The average molecular weight is 677 g/mol. The summed E-state index contributed by atoms with van der Waals surface area (Å²) in [4.78, 5) is 51.2. The molecule has 0 spiro atoms. The fourth-order valence-electron chi connectivity index (χ4n) is 5.22. The molecule has 0 aliphatic carbocycles. The van der Waals surface area contributed by atoms with Crippen LogP contribution in [0.3, 0.4) is 0 Å². The molecule has 0 saturated carbocycles. The molecular weight excluding hydrogens is 644 g/mol. The van der Waals surface area contributed by atoms with Gasteiger partial charge in [-0.2, -0.15) is 5.10 Å². The predicted molar refractivity (Wildman–Crippen MR) is 178 cm³/mol. The molecule has 5 rings (SSSR count). The average Bonchev–Trinajstić information content (AvgIpc) is 3.51. The van der Waals surface area contributed by atoms with E-state index in [1.54, 1.807) is 34.8 Å².